The monoisotopic (exact) mass is 493 g/mol. The van der Waals surface area contributed by atoms with Gasteiger partial charge in [0.05, 0.1) is 0 Å². The van der Waals surface area contributed by atoms with Gasteiger partial charge in [-0.25, -0.2) is 4.39 Å². The zero-order valence-corrected chi connectivity index (χ0v) is 18.4. The van der Waals surface area contributed by atoms with E-state index in [0.29, 0.717) is 18.5 Å². The molecule has 2 fully saturated rings. The van der Waals surface area contributed by atoms with E-state index in [0.717, 1.165) is 37.5 Å². The Balaban J connectivity index is 0.00000243. The number of rotatable bonds is 5. The van der Waals surface area contributed by atoms with Gasteiger partial charge in [-0.05, 0) is 49.1 Å². The number of nitrogens with zero attached hydrogens (tertiary/aromatic N) is 1. The summed E-state index contributed by atoms with van der Waals surface area (Å²) < 4.78 is 19.3. The van der Waals surface area contributed by atoms with Crippen molar-refractivity contribution in [3.8, 4) is 0 Å². The van der Waals surface area contributed by atoms with Crippen LogP contribution in [0.4, 0.5) is 4.39 Å². The van der Waals surface area contributed by atoms with Gasteiger partial charge in [0.1, 0.15) is 5.82 Å². The van der Waals surface area contributed by atoms with Gasteiger partial charge in [0.2, 0.25) is 0 Å². The second kappa shape index (κ2) is 10.7. The fraction of sp³-hybridized carbons (Fsp3) is 0.632. The second-order valence-electron chi connectivity index (χ2n) is 6.84. The van der Waals surface area contributed by atoms with Gasteiger partial charge in [-0.3, -0.25) is 4.99 Å². The van der Waals surface area contributed by atoms with Crippen LogP contribution in [0.15, 0.2) is 29.3 Å². The number of aliphatic imine (C=N–C) groups is 1. The second-order valence-corrected chi connectivity index (χ2v) is 8.25. The van der Waals surface area contributed by atoms with E-state index in [2.05, 4.69) is 15.6 Å². The Kier molecular flexibility index (Phi) is 8.96. The summed E-state index contributed by atoms with van der Waals surface area (Å²) in [4.78, 5) is 4.36. The molecule has 1 atom stereocenters. The van der Waals surface area contributed by atoms with E-state index in [1.807, 2.05) is 17.8 Å². The molecule has 0 saturated carbocycles. The summed E-state index contributed by atoms with van der Waals surface area (Å²) in [5.74, 6) is 1.92. The van der Waals surface area contributed by atoms with E-state index in [-0.39, 0.29) is 35.2 Å². The van der Waals surface area contributed by atoms with Gasteiger partial charge in [-0.1, -0.05) is 12.1 Å². The first kappa shape index (κ1) is 21.8. The molecule has 2 heterocycles. The average Bonchev–Trinajstić information content (AvgIpc) is 3.16. The van der Waals surface area contributed by atoms with Gasteiger partial charge in [-0.15, -0.1) is 24.0 Å². The van der Waals surface area contributed by atoms with Gasteiger partial charge in [0.25, 0.3) is 0 Å². The Morgan fingerprint density at radius 2 is 2.15 bits per heavy atom. The molecule has 0 aliphatic carbocycles. The smallest absolute Gasteiger partial charge is 0.191 e. The fourth-order valence-corrected chi connectivity index (χ4v) is 4.84. The van der Waals surface area contributed by atoms with Crippen molar-refractivity contribution in [3.63, 3.8) is 0 Å². The summed E-state index contributed by atoms with van der Waals surface area (Å²) in [6.45, 7) is 3.10. The van der Waals surface area contributed by atoms with Crippen LogP contribution in [0.25, 0.3) is 0 Å². The summed E-state index contributed by atoms with van der Waals surface area (Å²) >= 11 is 2.04. The molecule has 0 spiro atoms. The minimum atomic E-state index is -0.177. The van der Waals surface area contributed by atoms with Crippen molar-refractivity contribution in [2.24, 2.45) is 4.99 Å². The number of thioether (sulfide) groups is 1. The average molecular weight is 493 g/mol. The molecule has 0 aromatic heterocycles. The van der Waals surface area contributed by atoms with Crippen LogP contribution in [0, 0.1) is 5.82 Å². The SMILES string of the molecule is CN=C(NCC1CCCS1)NCC1(c2cccc(F)c2)CCOCC1.I. The number of hydrogen-bond acceptors (Lipinski definition) is 3. The number of guanidine groups is 1. The molecule has 7 heteroatoms. The highest BCUT2D eigenvalue weighted by Gasteiger charge is 2.35. The minimum absolute atomic E-state index is 0. The van der Waals surface area contributed by atoms with Crippen molar-refractivity contribution in [2.45, 2.75) is 36.3 Å². The van der Waals surface area contributed by atoms with Crippen molar-refractivity contribution in [1.29, 1.82) is 0 Å². The third-order valence-electron chi connectivity index (χ3n) is 5.23. The Labute approximate surface area is 177 Å². The maximum Gasteiger partial charge on any atom is 0.191 e. The molecule has 0 radical (unpaired) electrons. The van der Waals surface area contributed by atoms with Crippen molar-refractivity contribution in [2.75, 3.05) is 39.1 Å². The van der Waals surface area contributed by atoms with Gasteiger partial charge in [0.15, 0.2) is 5.96 Å². The summed E-state index contributed by atoms with van der Waals surface area (Å²) in [7, 11) is 1.80. The Bertz CT molecular complexity index is 590. The first-order valence-electron chi connectivity index (χ1n) is 9.12. The Hall–Kier alpha value is -0.540. The molecule has 1 unspecified atom stereocenters. The van der Waals surface area contributed by atoms with Crippen LogP contribution in [0.5, 0.6) is 0 Å². The standard InChI is InChI=1S/C19H28FN3OS.HI/c1-21-18(22-13-17-6-3-11-25-17)23-14-19(7-9-24-10-8-19)15-4-2-5-16(20)12-15;/h2,4-5,12,17H,3,6-11,13-14H2,1H3,(H2,21,22,23);1H. The van der Waals surface area contributed by atoms with E-state index >= 15 is 0 Å². The van der Waals surface area contributed by atoms with Gasteiger partial charge in [-0.2, -0.15) is 11.8 Å². The predicted molar refractivity (Wildman–Crippen MR) is 118 cm³/mol. The first-order valence-corrected chi connectivity index (χ1v) is 10.2. The van der Waals surface area contributed by atoms with Gasteiger partial charge in [0, 0.05) is 44.0 Å². The molecule has 2 N–H and O–H groups in total. The van der Waals surface area contributed by atoms with Crippen LogP contribution in [-0.2, 0) is 10.2 Å². The molecule has 26 heavy (non-hydrogen) atoms. The van der Waals surface area contributed by atoms with Crippen LogP contribution in [-0.4, -0.2) is 50.3 Å². The van der Waals surface area contributed by atoms with Crippen LogP contribution in [0.3, 0.4) is 0 Å². The number of benzene rings is 1. The molecule has 2 aliphatic heterocycles. The molecule has 2 saturated heterocycles. The van der Waals surface area contributed by atoms with Crippen molar-refractivity contribution < 1.29 is 9.13 Å². The highest BCUT2D eigenvalue weighted by Crippen LogP contribution is 2.34. The molecule has 1 aromatic rings. The molecule has 0 bridgehead atoms. The van der Waals surface area contributed by atoms with E-state index < -0.39 is 0 Å². The molecular weight excluding hydrogens is 464 g/mol. The molecule has 3 rings (SSSR count). The Morgan fingerprint density at radius 3 is 2.81 bits per heavy atom. The number of ether oxygens (including phenoxy) is 1. The van der Waals surface area contributed by atoms with E-state index in [1.54, 1.807) is 19.2 Å². The number of halogens is 2. The summed E-state index contributed by atoms with van der Waals surface area (Å²) in [5, 5.41) is 7.60. The van der Waals surface area contributed by atoms with Gasteiger partial charge >= 0.3 is 0 Å². The summed E-state index contributed by atoms with van der Waals surface area (Å²) in [6.07, 6.45) is 4.36. The third-order valence-corrected chi connectivity index (χ3v) is 6.62. The first-order chi connectivity index (χ1) is 12.2. The largest absolute Gasteiger partial charge is 0.381 e. The highest BCUT2D eigenvalue weighted by atomic mass is 127. The minimum Gasteiger partial charge on any atom is -0.381 e. The molecule has 1 aromatic carbocycles. The quantitative estimate of drug-likeness (QED) is 0.374. The maximum absolute atomic E-state index is 13.8. The highest BCUT2D eigenvalue weighted by molar-refractivity contribution is 14.0. The molecule has 146 valence electrons. The van der Waals surface area contributed by atoms with Crippen LogP contribution >= 0.6 is 35.7 Å². The summed E-state index contributed by atoms with van der Waals surface area (Å²) in [6, 6.07) is 7.00. The fourth-order valence-electron chi connectivity index (χ4n) is 3.64. The van der Waals surface area contributed by atoms with Crippen LogP contribution in [0.1, 0.15) is 31.2 Å². The molecule has 2 aliphatic rings. The zero-order chi connectivity index (χ0) is 17.5. The lowest BCUT2D eigenvalue weighted by Gasteiger charge is -2.38. The zero-order valence-electron chi connectivity index (χ0n) is 15.3. The lowest BCUT2D eigenvalue weighted by atomic mass is 9.74. The summed E-state index contributed by atoms with van der Waals surface area (Å²) in [5.41, 5.74) is 0.935. The lowest BCUT2D eigenvalue weighted by Crippen LogP contribution is -2.48. The number of nitrogens with one attached hydrogen (secondary N) is 2. The number of hydrogen-bond donors (Lipinski definition) is 2. The van der Waals surface area contributed by atoms with Crippen LogP contribution in [0.2, 0.25) is 0 Å². The van der Waals surface area contributed by atoms with Gasteiger partial charge < -0.3 is 15.4 Å². The van der Waals surface area contributed by atoms with E-state index in [1.165, 1.54) is 24.7 Å². The molecule has 4 nitrogen and oxygen atoms in total. The lowest BCUT2D eigenvalue weighted by molar-refractivity contribution is 0.0513. The van der Waals surface area contributed by atoms with E-state index in [4.69, 9.17) is 4.74 Å². The Morgan fingerprint density at radius 1 is 1.35 bits per heavy atom. The normalized spacial score (nSPS) is 22.5. The third kappa shape index (κ3) is 5.73. The van der Waals surface area contributed by atoms with Crippen molar-refractivity contribution in [3.05, 3.63) is 35.6 Å². The molecular formula is C19H29FIN3OS. The van der Waals surface area contributed by atoms with E-state index in [9.17, 15) is 4.39 Å². The van der Waals surface area contributed by atoms with Crippen molar-refractivity contribution >= 4 is 41.7 Å². The maximum atomic E-state index is 13.8. The predicted octanol–water partition coefficient (Wildman–Crippen LogP) is 3.55. The topological polar surface area (TPSA) is 45.7 Å². The molecule has 0 amide bonds. The van der Waals surface area contributed by atoms with Crippen molar-refractivity contribution in [1.82, 2.24) is 10.6 Å². The van der Waals surface area contributed by atoms with Crippen LogP contribution < -0.4 is 10.6 Å².